The van der Waals surface area contributed by atoms with Crippen LogP contribution in [-0.4, -0.2) is 17.1 Å². The molecule has 0 aliphatic heterocycles. The Morgan fingerprint density at radius 1 is 1.10 bits per heavy atom. The fourth-order valence-electron chi connectivity index (χ4n) is 2.21. The summed E-state index contributed by atoms with van der Waals surface area (Å²) in [7, 11) is 1.68. The summed E-state index contributed by atoms with van der Waals surface area (Å²) >= 11 is 0. The molecule has 2 rings (SSSR count). The summed E-state index contributed by atoms with van der Waals surface area (Å²) in [4.78, 5) is 8.66. The lowest BCUT2D eigenvalue weighted by Crippen LogP contribution is -2.03. The van der Waals surface area contributed by atoms with Crippen molar-refractivity contribution in [2.45, 2.75) is 33.6 Å². The highest BCUT2D eigenvalue weighted by molar-refractivity contribution is 5.68. The molecular weight excluding hydrogens is 250 g/mol. The summed E-state index contributed by atoms with van der Waals surface area (Å²) in [6.45, 7) is 8.31. The lowest BCUT2D eigenvalue weighted by molar-refractivity contribution is 0.411. The maximum Gasteiger partial charge on any atom is 0.220 e. The van der Waals surface area contributed by atoms with Gasteiger partial charge in [-0.1, -0.05) is 13.8 Å². The molecule has 4 heteroatoms. The summed E-state index contributed by atoms with van der Waals surface area (Å²) in [5.74, 6) is 1.52. The van der Waals surface area contributed by atoms with Crippen molar-refractivity contribution in [3.8, 4) is 17.0 Å². The predicted octanol–water partition coefficient (Wildman–Crippen LogP) is 3.47. The fourth-order valence-corrected chi connectivity index (χ4v) is 2.21. The molecule has 0 saturated carbocycles. The number of methoxy groups -OCH3 is 1. The van der Waals surface area contributed by atoms with E-state index < -0.39 is 0 Å². The van der Waals surface area contributed by atoms with E-state index in [1.807, 2.05) is 25.1 Å². The van der Waals surface area contributed by atoms with E-state index in [1.165, 1.54) is 0 Å². The molecule has 0 aliphatic carbocycles. The van der Waals surface area contributed by atoms with Crippen molar-refractivity contribution in [2.24, 2.45) is 0 Å². The van der Waals surface area contributed by atoms with Gasteiger partial charge in [-0.05, 0) is 49.1 Å². The molecule has 4 nitrogen and oxygen atoms in total. The predicted molar refractivity (Wildman–Crippen MR) is 82.0 cm³/mol. The minimum Gasteiger partial charge on any atom is -0.496 e. The molecule has 1 aromatic carbocycles. The number of anilines is 1. The van der Waals surface area contributed by atoms with Crippen molar-refractivity contribution in [1.29, 1.82) is 0 Å². The Labute approximate surface area is 120 Å². The van der Waals surface area contributed by atoms with Crippen LogP contribution in [-0.2, 0) is 0 Å². The second kappa shape index (κ2) is 5.49. The maximum absolute atomic E-state index is 5.83. The quantitative estimate of drug-likeness (QED) is 0.928. The van der Waals surface area contributed by atoms with E-state index >= 15 is 0 Å². The molecule has 0 aliphatic rings. The Hall–Kier alpha value is -2.10. The largest absolute Gasteiger partial charge is 0.496 e. The van der Waals surface area contributed by atoms with E-state index in [0.29, 0.717) is 11.9 Å². The molecule has 0 spiro atoms. The summed E-state index contributed by atoms with van der Waals surface area (Å²) < 4.78 is 5.34. The van der Waals surface area contributed by atoms with E-state index in [-0.39, 0.29) is 0 Å². The minimum absolute atomic E-state index is 0.318. The number of hydrogen-bond acceptors (Lipinski definition) is 4. The smallest absolute Gasteiger partial charge is 0.220 e. The third-order valence-electron chi connectivity index (χ3n) is 3.59. The lowest BCUT2D eigenvalue weighted by Gasteiger charge is -2.14. The van der Waals surface area contributed by atoms with Gasteiger partial charge in [-0.15, -0.1) is 0 Å². The highest BCUT2D eigenvalue weighted by atomic mass is 16.5. The maximum atomic E-state index is 5.83. The van der Waals surface area contributed by atoms with Crippen LogP contribution in [0.4, 0.5) is 5.95 Å². The third-order valence-corrected chi connectivity index (χ3v) is 3.59. The first kappa shape index (κ1) is 14.3. The first-order chi connectivity index (χ1) is 9.43. The fraction of sp³-hybridized carbons (Fsp3) is 0.375. The summed E-state index contributed by atoms with van der Waals surface area (Å²) in [5.41, 5.74) is 11.0. The molecule has 106 valence electrons. The molecule has 2 aromatic rings. The highest BCUT2D eigenvalue weighted by Crippen LogP contribution is 2.31. The molecular formula is C16H21N3O. The van der Waals surface area contributed by atoms with Crippen LogP contribution in [0, 0.1) is 13.8 Å². The van der Waals surface area contributed by atoms with Gasteiger partial charge in [-0.25, -0.2) is 9.97 Å². The molecule has 0 unspecified atom stereocenters. The van der Waals surface area contributed by atoms with E-state index in [0.717, 1.165) is 33.8 Å². The van der Waals surface area contributed by atoms with Crippen molar-refractivity contribution >= 4 is 5.95 Å². The van der Waals surface area contributed by atoms with Crippen LogP contribution in [0.3, 0.4) is 0 Å². The lowest BCUT2D eigenvalue weighted by atomic mass is 9.98. The number of ether oxygens (including phenoxy) is 1. The van der Waals surface area contributed by atoms with E-state index in [4.69, 9.17) is 10.5 Å². The van der Waals surface area contributed by atoms with E-state index in [9.17, 15) is 0 Å². The Kier molecular flexibility index (Phi) is 3.93. The first-order valence-electron chi connectivity index (χ1n) is 6.73. The zero-order valence-electron chi connectivity index (χ0n) is 12.7. The van der Waals surface area contributed by atoms with Gasteiger partial charge in [-0.2, -0.15) is 0 Å². The van der Waals surface area contributed by atoms with Crippen LogP contribution in [0.2, 0.25) is 0 Å². The van der Waals surface area contributed by atoms with E-state index in [2.05, 4.69) is 30.7 Å². The van der Waals surface area contributed by atoms with Gasteiger partial charge in [0.25, 0.3) is 0 Å². The number of rotatable bonds is 3. The van der Waals surface area contributed by atoms with Crippen molar-refractivity contribution in [3.63, 3.8) is 0 Å². The first-order valence-corrected chi connectivity index (χ1v) is 6.73. The number of nitrogen functional groups attached to an aromatic ring is 1. The Morgan fingerprint density at radius 3 is 2.40 bits per heavy atom. The molecule has 1 heterocycles. The molecule has 0 radical (unpaired) electrons. The highest BCUT2D eigenvalue weighted by Gasteiger charge is 2.12. The third kappa shape index (κ3) is 2.59. The summed E-state index contributed by atoms with van der Waals surface area (Å²) in [5, 5.41) is 0. The van der Waals surface area contributed by atoms with Gasteiger partial charge >= 0.3 is 0 Å². The average molecular weight is 271 g/mol. The number of nitrogens with zero attached hydrogens (tertiary/aromatic N) is 2. The van der Waals surface area contributed by atoms with Crippen LogP contribution in [0.1, 0.15) is 36.6 Å². The second-order valence-electron chi connectivity index (χ2n) is 5.26. The zero-order valence-corrected chi connectivity index (χ0v) is 12.7. The van der Waals surface area contributed by atoms with Gasteiger partial charge in [0, 0.05) is 11.3 Å². The van der Waals surface area contributed by atoms with Crippen molar-refractivity contribution in [1.82, 2.24) is 9.97 Å². The summed E-state index contributed by atoms with van der Waals surface area (Å²) in [6.07, 6.45) is 0. The number of nitrogens with two attached hydrogens (primary N) is 1. The van der Waals surface area contributed by atoms with E-state index in [1.54, 1.807) is 7.11 Å². The molecule has 0 amide bonds. The van der Waals surface area contributed by atoms with Crippen LogP contribution < -0.4 is 10.5 Å². The van der Waals surface area contributed by atoms with Crippen LogP contribution in [0.5, 0.6) is 5.75 Å². The normalized spacial score (nSPS) is 10.9. The second-order valence-corrected chi connectivity index (χ2v) is 5.26. The zero-order chi connectivity index (χ0) is 14.9. The molecule has 20 heavy (non-hydrogen) atoms. The molecule has 0 atom stereocenters. The number of aromatic nitrogens is 2. The standard InChI is InChI=1S/C16H21N3O/c1-9(2)13-8-14(19-16(17)18-13)12-6-7-15(20-5)11(4)10(12)3/h6-9H,1-5H3,(H2,17,18,19). The summed E-state index contributed by atoms with van der Waals surface area (Å²) in [6, 6.07) is 5.99. The van der Waals surface area contributed by atoms with Gasteiger partial charge < -0.3 is 10.5 Å². The average Bonchev–Trinajstić information content (AvgIpc) is 2.41. The monoisotopic (exact) mass is 271 g/mol. The topological polar surface area (TPSA) is 61.0 Å². The Morgan fingerprint density at radius 2 is 1.80 bits per heavy atom. The van der Waals surface area contributed by atoms with Crippen LogP contribution in [0.25, 0.3) is 11.3 Å². The van der Waals surface area contributed by atoms with Gasteiger partial charge in [0.2, 0.25) is 5.95 Å². The van der Waals surface area contributed by atoms with Gasteiger partial charge in [0.1, 0.15) is 5.75 Å². The van der Waals surface area contributed by atoms with Gasteiger partial charge in [0.15, 0.2) is 0 Å². The van der Waals surface area contributed by atoms with Gasteiger partial charge in [0.05, 0.1) is 12.8 Å². The SMILES string of the molecule is COc1ccc(-c2cc(C(C)C)nc(N)n2)c(C)c1C. The molecule has 0 fully saturated rings. The van der Waals surface area contributed by atoms with Crippen LogP contribution >= 0.6 is 0 Å². The van der Waals surface area contributed by atoms with Crippen molar-refractivity contribution < 1.29 is 4.74 Å². The van der Waals surface area contributed by atoms with Crippen molar-refractivity contribution in [3.05, 3.63) is 35.0 Å². The molecule has 0 bridgehead atoms. The molecule has 0 saturated heterocycles. The van der Waals surface area contributed by atoms with Crippen molar-refractivity contribution in [2.75, 3.05) is 12.8 Å². The number of benzene rings is 1. The molecule has 1 aromatic heterocycles. The van der Waals surface area contributed by atoms with Crippen LogP contribution in [0.15, 0.2) is 18.2 Å². The Bertz CT molecular complexity index is 636. The van der Waals surface area contributed by atoms with Gasteiger partial charge in [-0.3, -0.25) is 0 Å². The molecule has 2 N–H and O–H groups in total. The minimum atomic E-state index is 0.318. The number of hydrogen-bond donors (Lipinski definition) is 1. The Balaban J connectivity index is 2.60.